The lowest BCUT2D eigenvalue weighted by molar-refractivity contribution is -0.120. The Kier molecular flexibility index (Phi) is 6.65. The number of amides is 3. The van der Waals surface area contributed by atoms with E-state index in [0.29, 0.717) is 22.5 Å². The minimum atomic E-state index is -0.775. The first-order valence-corrected chi connectivity index (χ1v) is 11.3. The van der Waals surface area contributed by atoms with Gasteiger partial charge in [0.05, 0.1) is 10.7 Å². The molecule has 35 heavy (non-hydrogen) atoms. The Balaban J connectivity index is 1.60. The Morgan fingerprint density at radius 2 is 1.54 bits per heavy atom. The highest BCUT2D eigenvalue weighted by Gasteiger charge is 2.39. The number of aryl methyl sites for hydroxylation is 3. The number of benzene rings is 3. The van der Waals surface area contributed by atoms with Crippen molar-refractivity contribution in [1.82, 2.24) is 0 Å². The number of hydrogen-bond donors (Lipinski definition) is 2. The van der Waals surface area contributed by atoms with Gasteiger partial charge in [0.1, 0.15) is 16.5 Å². The van der Waals surface area contributed by atoms with Crippen LogP contribution in [0.15, 0.2) is 65.3 Å². The molecule has 0 saturated heterocycles. The molecule has 0 radical (unpaired) electrons. The molecule has 1 heterocycles. The molecule has 3 amide bonds. The van der Waals surface area contributed by atoms with E-state index in [1.54, 1.807) is 25.1 Å². The molecule has 0 fully saturated rings. The zero-order valence-electron chi connectivity index (χ0n) is 19.0. The smallest absolute Gasteiger partial charge is 0.283 e. The molecule has 3 aromatic carbocycles. The summed E-state index contributed by atoms with van der Waals surface area (Å²) in [6.45, 7) is 5.61. The molecule has 3 aromatic rings. The number of carbonyl (C=O) groups is 3. The van der Waals surface area contributed by atoms with E-state index in [1.165, 1.54) is 12.1 Å². The quantitative estimate of drug-likeness (QED) is 0.406. The molecule has 178 valence electrons. The summed E-state index contributed by atoms with van der Waals surface area (Å²) in [6, 6.07) is 14.2. The van der Waals surface area contributed by atoms with E-state index in [1.807, 2.05) is 32.0 Å². The molecule has 0 spiro atoms. The molecule has 6 nitrogen and oxygen atoms in total. The number of carbonyl (C=O) groups excluding carboxylic acids is 3. The van der Waals surface area contributed by atoms with Crippen molar-refractivity contribution in [3.63, 3.8) is 0 Å². The molecule has 0 saturated carbocycles. The Morgan fingerprint density at radius 1 is 0.857 bits per heavy atom. The summed E-state index contributed by atoms with van der Waals surface area (Å²) in [4.78, 5) is 39.5. The van der Waals surface area contributed by atoms with Crippen LogP contribution in [0.3, 0.4) is 0 Å². The molecule has 0 aliphatic carbocycles. The van der Waals surface area contributed by atoms with Crippen molar-refractivity contribution in [2.75, 3.05) is 15.5 Å². The number of nitrogens with zero attached hydrogens (tertiary/aromatic N) is 1. The molecule has 0 aromatic heterocycles. The first kappa shape index (κ1) is 24.4. The van der Waals surface area contributed by atoms with E-state index in [9.17, 15) is 18.8 Å². The highest BCUT2D eigenvalue weighted by molar-refractivity contribution is 6.53. The number of nitrogens with one attached hydrogen (secondary N) is 2. The highest BCUT2D eigenvalue weighted by Crippen LogP contribution is 2.33. The number of hydrogen-bond acceptors (Lipinski definition) is 4. The zero-order valence-corrected chi connectivity index (χ0v) is 20.5. The fourth-order valence-electron chi connectivity index (χ4n) is 3.57. The van der Waals surface area contributed by atoms with Gasteiger partial charge in [-0.3, -0.25) is 14.4 Å². The Bertz CT molecular complexity index is 1440. The van der Waals surface area contributed by atoms with Crippen molar-refractivity contribution in [1.29, 1.82) is 0 Å². The van der Waals surface area contributed by atoms with Crippen LogP contribution >= 0.6 is 23.2 Å². The lowest BCUT2D eigenvalue weighted by Gasteiger charge is -2.16. The fraction of sp³-hybridized carbons (Fsp3) is 0.115. The molecular weight excluding hydrogens is 492 g/mol. The van der Waals surface area contributed by atoms with Crippen LogP contribution in [-0.4, -0.2) is 17.7 Å². The summed E-state index contributed by atoms with van der Waals surface area (Å²) in [5.41, 5.74) is 4.03. The second-order valence-electron chi connectivity index (χ2n) is 8.16. The largest absolute Gasteiger partial charge is 0.349 e. The minimum Gasteiger partial charge on any atom is -0.349 e. The molecule has 0 unspecified atom stereocenters. The van der Waals surface area contributed by atoms with Crippen LogP contribution in [0.4, 0.5) is 21.5 Å². The van der Waals surface area contributed by atoms with Crippen molar-refractivity contribution < 1.29 is 18.8 Å². The van der Waals surface area contributed by atoms with Crippen molar-refractivity contribution in [2.45, 2.75) is 20.8 Å². The van der Waals surface area contributed by atoms with Gasteiger partial charge in [-0.15, -0.1) is 0 Å². The predicted molar refractivity (Wildman–Crippen MR) is 135 cm³/mol. The van der Waals surface area contributed by atoms with Gasteiger partial charge in [0.25, 0.3) is 17.7 Å². The van der Waals surface area contributed by atoms with Gasteiger partial charge in [-0.2, -0.15) is 0 Å². The molecule has 4 rings (SSSR count). The van der Waals surface area contributed by atoms with Crippen LogP contribution in [0.1, 0.15) is 27.0 Å². The van der Waals surface area contributed by atoms with Crippen LogP contribution in [-0.2, 0) is 9.59 Å². The SMILES string of the molecule is Cc1ccc(C)c(NC(=O)c2ccc(C)c(NC3=C(Cl)C(=O)N(c4ccc(F)c(Cl)c4)C3=O)c2)c1. The number of halogens is 3. The first-order valence-electron chi connectivity index (χ1n) is 10.6. The lowest BCUT2D eigenvalue weighted by atomic mass is 10.1. The Hall–Kier alpha value is -3.68. The second kappa shape index (κ2) is 9.52. The van der Waals surface area contributed by atoms with Crippen molar-refractivity contribution >= 4 is 58.0 Å². The van der Waals surface area contributed by atoms with Crippen LogP contribution in [0.25, 0.3) is 0 Å². The first-order chi connectivity index (χ1) is 16.6. The minimum absolute atomic E-state index is 0.0831. The molecule has 9 heteroatoms. The molecule has 1 aliphatic heterocycles. The summed E-state index contributed by atoms with van der Waals surface area (Å²) in [7, 11) is 0. The predicted octanol–water partition coefficient (Wildman–Crippen LogP) is 6.09. The third-order valence-electron chi connectivity index (χ3n) is 5.59. The maximum atomic E-state index is 13.5. The highest BCUT2D eigenvalue weighted by atomic mass is 35.5. The average Bonchev–Trinajstić information content (AvgIpc) is 3.02. The van der Waals surface area contributed by atoms with Crippen molar-refractivity contribution in [3.05, 3.63) is 98.4 Å². The van der Waals surface area contributed by atoms with Crippen LogP contribution in [0, 0.1) is 26.6 Å². The van der Waals surface area contributed by atoms with Gasteiger partial charge in [0.15, 0.2) is 0 Å². The molecule has 1 aliphatic rings. The normalized spacial score (nSPS) is 13.5. The van der Waals surface area contributed by atoms with Crippen molar-refractivity contribution in [3.8, 4) is 0 Å². The third kappa shape index (κ3) is 4.78. The Morgan fingerprint density at radius 3 is 2.26 bits per heavy atom. The maximum Gasteiger partial charge on any atom is 0.283 e. The van der Waals surface area contributed by atoms with E-state index in [-0.39, 0.29) is 27.3 Å². The summed E-state index contributed by atoms with van der Waals surface area (Å²) in [5.74, 6) is -2.52. The van der Waals surface area contributed by atoms with Crippen LogP contribution in [0.5, 0.6) is 0 Å². The average molecular weight is 512 g/mol. The topological polar surface area (TPSA) is 78.5 Å². The van der Waals surface area contributed by atoms with E-state index in [2.05, 4.69) is 10.6 Å². The van der Waals surface area contributed by atoms with Gasteiger partial charge >= 0.3 is 0 Å². The van der Waals surface area contributed by atoms with Gasteiger partial charge in [-0.05, 0) is 73.9 Å². The van der Waals surface area contributed by atoms with E-state index >= 15 is 0 Å². The monoisotopic (exact) mass is 511 g/mol. The van der Waals surface area contributed by atoms with Gasteiger partial charge in [0.2, 0.25) is 0 Å². The number of rotatable bonds is 5. The van der Waals surface area contributed by atoms with Crippen molar-refractivity contribution in [2.24, 2.45) is 0 Å². The molecular formula is C26H20Cl2FN3O3. The summed E-state index contributed by atoms with van der Waals surface area (Å²) in [6.07, 6.45) is 0. The Labute approximate surface area is 211 Å². The van der Waals surface area contributed by atoms with Gasteiger partial charge in [0, 0.05) is 16.9 Å². The lowest BCUT2D eigenvalue weighted by Crippen LogP contribution is -2.32. The number of anilines is 3. The standard InChI is InChI=1S/C26H20Cl2FN3O3/c1-13-4-5-14(2)20(10-13)31-24(33)16-7-6-15(3)21(11-16)30-23-22(28)25(34)32(26(23)35)17-8-9-19(29)18(27)12-17/h4-12,30H,1-3H3,(H,31,33). The summed E-state index contributed by atoms with van der Waals surface area (Å²) >= 11 is 12.0. The summed E-state index contributed by atoms with van der Waals surface area (Å²) < 4.78 is 13.5. The third-order valence-corrected chi connectivity index (χ3v) is 6.23. The number of imide groups is 1. The van der Waals surface area contributed by atoms with Gasteiger partial charge < -0.3 is 10.6 Å². The summed E-state index contributed by atoms with van der Waals surface area (Å²) in [5, 5.41) is 5.22. The molecule has 2 N–H and O–H groups in total. The molecule has 0 bridgehead atoms. The maximum absolute atomic E-state index is 13.5. The second-order valence-corrected chi connectivity index (χ2v) is 8.95. The van der Waals surface area contributed by atoms with Crippen LogP contribution < -0.4 is 15.5 Å². The van der Waals surface area contributed by atoms with Gasteiger partial charge in [-0.1, -0.05) is 41.4 Å². The van der Waals surface area contributed by atoms with E-state index < -0.39 is 17.6 Å². The molecule has 0 atom stereocenters. The zero-order chi connectivity index (χ0) is 25.4. The fourth-order valence-corrected chi connectivity index (χ4v) is 3.95. The van der Waals surface area contributed by atoms with E-state index in [0.717, 1.165) is 22.1 Å². The van der Waals surface area contributed by atoms with Crippen LogP contribution in [0.2, 0.25) is 5.02 Å². The van der Waals surface area contributed by atoms with Gasteiger partial charge in [-0.25, -0.2) is 9.29 Å². The van der Waals surface area contributed by atoms with E-state index in [4.69, 9.17) is 23.2 Å².